The second kappa shape index (κ2) is 8.97. The van der Waals surface area contributed by atoms with Crippen molar-refractivity contribution in [2.75, 3.05) is 6.61 Å². The van der Waals surface area contributed by atoms with Crippen molar-refractivity contribution in [2.45, 2.75) is 12.6 Å². The van der Waals surface area contributed by atoms with E-state index in [0.29, 0.717) is 22.8 Å². The lowest BCUT2D eigenvalue weighted by Crippen LogP contribution is -2.30. The Morgan fingerprint density at radius 3 is 2.68 bits per heavy atom. The van der Waals surface area contributed by atoms with Gasteiger partial charge in [0.2, 0.25) is 5.78 Å². The number of aromatic nitrogens is 1. The molecule has 1 aromatic carbocycles. The van der Waals surface area contributed by atoms with Gasteiger partial charge in [-0.25, -0.2) is 0 Å². The zero-order valence-electron chi connectivity index (χ0n) is 16.6. The number of aliphatic hydroxyl groups excluding tert-OH is 1. The van der Waals surface area contributed by atoms with Gasteiger partial charge in [0.05, 0.1) is 16.5 Å². The number of nitrogens with zero attached hydrogens (tertiary/aromatic N) is 2. The summed E-state index contributed by atoms with van der Waals surface area (Å²) in [5.74, 6) is -0.808. The third kappa shape index (κ3) is 4.13. The van der Waals surface area contributed by atoms with Crippen molar-refractivity contribution < 1.29 is 19.4 Å². The molecule has 0 bridgehead atoms. The van der Waals surface area contributed by atoms with Crippen molar-refractivity contribution >= 4 is 23.0 Å². The minimum atomic E-state index is -0.726. The molecule has 2 aromatic heterocycles. The number of Topliss-reactive ketones (excluding diaryl/α,β-unsaturated/α-hetero) is 1. The summed E-state index contributed by atoms with van der Waals surface area (Å²) in [6.45, 7) is 4.21. The normalized spacial score (nSPS) is 15.9. The monoisotopic (exact) mass is 432 g/mol. The molecule has 1 atom stereocenters. The van der Waals surface area contributed by atoms with E-state index in [1.807, 2.05) is 6.07 Å². The van der Waals surface area contributed by atoms with Gasteiger partial charge in [-0.1, -0.05) is 36.9 Å². The lowest BCUT2D eigenvalue weighted by molar-refractivity contribution is -0.130. The number of thiophene rings is 1. The van der Waals surface area contributed by atoms with E-state index in [4.69, 9.17) is 4.74 Å². The number of pyridine rings is 1. The molecule has 0 aliphatic carbocycles. The van der Waals surface area contributed by atoms with Crippen LogP contribution in [0, 0.1) is 0 Å². The van der Waals surface area contributed by atoms with Crippen LogP contribution in [0.1, 0.15) is 26.8 Å². The Labute approximate surface area is 183 Å². The van der Waals surface area contributed by atoms with Crippen LogP contribution in [-0.2, 0) is 11.3 Å². The minimum Gasteiger partial charge on any atom is -0.503 e. The molecule has 156 valence electrons. The number of hydrogen-bond acceptors (Lipinski definition) is 6. The molecule has 7 heteroatoms. The third-order valence-electron chi connectivity index (χ3n) is 4.93. The van der Waals surface area contributed by atoms with Gasteiger partial charge in [0.25, 0.3) is 5.91 Å². The van der Waals surface area contributed by atoms with Crippen LogP contribution in [0.4, 0.5) is 0 Å². The molecule has 0 radical (unpaired) electrons. The van der Waals surface area contributed by atoms with Gasteiger partial charge in [0.15, 0.2) is 5.76 Å². The summed E-state index contributed by atoms with van der Waals surface area (Å²) in [7, 11) is 0. The number of carbonyl (C=O) groups excluding carboxylic acids is 2. The van der Waals surface area contributed by atoms with Gasteiger partial charge < -0.3 is 14.7 Å². The molecular formula is C24H20N2O4S. The number of benzene rings is 1. The number of aliphatic hydroxyl groups is 1. The van der Waals surface area contributed by atoms with E-state index in [1.54, 1.807) is 66.3 Å². The first-order chi connectivity index (χ1) is 15.1. The number of ether oxygens (including phenoxy) is 1. The van der Waals surface area contributed by atoms with E-state index >= 15 is 0 Å². The van der Waals surface area contributed by atoms with Gasteiger partial charge in [-0.3, -0.25) is 14.6 Å². The predicted molar refractivity (Wildman–Crippen MR) is 118 cm³/mol. The maximum atomic E-state index is 13.2. The van der Waals surface area contributed by atoms with E-state index < -0.39 is 17.7 Å². The molecule has 6 nitrogen and oxygen atoms in total. The molecule has 0 fully saturated rings. The largest absolute Gasteiger partial charge is 0.503 e. The van der Waals surface area contributed by atoms with Crippen molar-refractivity contribution in [1.29, 1.82) is 0 Å². The Morgan fingerprint density at radius 2 is 2.03 bits per heavy atom. The zero-order chi connectivity index (χ0) is 21.8. The molecule has 1 amide bonds. The highest BCUT2D eigenvalue weighted by Crippen LogP contribution is 2.40. The van der Waals surface area contributed by atoms with Crippen molar-refractivity contribution in [3.05, 3.63) is 106 Å². The first-order valence-electron chi connectivity index (χ1n) is 9.65. The SMILES string of the molecule is C=CCOc1ccc(C2C(C(=O)c3cccs3)=C(O)C(=O)N2Cc2cccnc2)cc1. The first-order valence-corrected chi connectivity index (χ1v) is 10.5. The van der Waals surface area contributed by atoms with Gasteiger partial charge in [-0.2, -0.15) is 0 Å². The van der Waals surface area contributed by atoms with Crippen LogP contribution in [0.3, 0.4) is 0 Å². The highest BCUT2D eigenvalue weighted by molar-refractivity contribution is 7.12. The minimum absolute atomic E-state index is 0.0797. The van der Waals surface area contributed by atoms with E-state index in [1.165, 1.54) is 16.2 Å². The van der Waals surface area contributed by atoms with E-state index in [0.717, 1.165) is 5.56 Å². The molecule has 0 saturated heterocycles. The number of amides is 1. The van der Waals surface area contributed by atoms with E-state index in [9.17, 15) is 14.7 Å². The van der Waals surface area contributed by atoms with Crippen LogP contribution in [0.15, 0.2) is 90.3 Å². The summed E-state index contributed by atoms with van der Waals surface area (Å²) in [5.41, 5.74) is 1.58. The summed E-state index contributed by atoms with van der Waals surface area (Å²) in [6.07, 6.45) is 4.96. The quantitative estimate of drug-likeness (QED) is 0.419. The highest BCUT2D eigenvalue weighted by atomic mass is 32.1. The smallest absolute Gasteiger partial charge is 0.290 e. The van der Waals surface area contributed by atoms with Gasteiger partial charge in [-0.05, 0) is 40.8 Å². The maximum Gasteiger partial charge on any atom is 0.290 e. The fraction of sp³-hybridized carbons (Fsp3) is 0.125. The number of rotatable bonds is 8. The lowest BCUT2D eigenvalue weighted by Gasteiger charge is -2.27. The summed E-state index contributed by atoms with van der Waals surface area (Å²) < 4.78 is 5.54. The van der Waals surface area contributed by atoms with Crippen LogP contribution in [0.2, 0.25) is 0 Å². The van der Waals surface area contributed by atoms with Crippen molar-refractivity contribution in [2.24, 2.45) is 0 Å². The Bertz CT molecular complexity index is 1120. The van der Waals surface area contributed by atoms with Crippen LogP contribution >= 0.6 is 11.3 Å². The van der Waals surface area contributed by atoms with Crippen LogP contribution < -0.4 is 4.74 Å². The molecule has 4 rings (SSSR count). The Hall–Kier alpha value is -3.71. The number of ketones is 1. The molecule has 1 N–H and O–H groups in total. The Morgan fingerprint density at radius 1 is 1.23 bits per heavy atom. The molecule has 0 spiro atoms. The second-order valence-corrected chi connectivity index (χ2v) is 7.88. The highest BCUT2D eigenvalue weighted by Gasteiger charge is 2.44. The van der Waals surface area contributed by atoms with Gasteiger partial charge >= 0.3 is 0 Å². The van der Waals surface area contributed by atoms with Gasteiger partial charge in [-0.15, -0.1) is 11.3 Å². The summed E-state index contributed by atoms with van der Waals surface area (Å²) in [5, 5.41) is 12.5. The number of carbonyl (C=O) groups is 2. The summed E-state index contributed by atoms with van der Waals surface area (Å²) in [6, 6.07) is 13.5. The Balaban J connectivity index is 1.74. The average molecular weight is 433 g/mol. The Kier molecular flexibility index (Phi) is 5.95. The van der Waals surface area contributed by atoms with Crippen LogP contribution in [0.25, 0.3) is 0 Å². The number of hydrogen-bond donors (Lipinski definition) is 1. The fourth-order valence-corrected chi connectivity index (χ4v) is 4.20. The molecule has 1 aliphatic heterocycles. The first kappa shape index (κ1) is 20.6. The van der Waals surface area contributed by atoms with Crippen LogP contribution in [0.5, 0.6) is 5.75 Å². The molecule has 3 aromatic rings. The van der Waals surface area contributed by atoms with E-state index in [2.05, 4.69) is 11.6 Å². The molecule has 0 saturated carbocycles. The van der Waals surface area contributed by atoms with Crippen molar-refractivity contribution in [3.8, 4) is 5.75 Å². The third-order valence-corrected chi connectivity index (χ3v) is 5.80. The molecule has 1 aliphatic rings. The predicted octanol–water partition coefficient (Wildman–Crippen LogP) is 4.49. The maximum absolute atomic E-state index is 13.2. The van der Waals surface area contributed by atoms with Crippen molar-refractivity contribution in [3.63, 3.8) is 0 Å². The van der Waals surface area contributed by atoms with Gasteiger partial charge in [0, 0.05) is 18.9 Å². The van der Waals surface area contributed by atoms with Crippen LogP contribution in [-0.4, -0.2) is 33.3 Å². The zero-order valence-corrected chi connectivity index (χ0v) is 17.4. The second-order valence-electron chi connectivity index (χ2n) is 6.93. The molecule has 3 heterocycles. The fourth-order valence-electron chi connectivity index (χ4n) is 3.53. The van der Waals surface area contributed by atoms with Crippen molar-refractivity contribution in [1.82, 2.24) is 9.88 Å². The molecule has 31 heavy (non-hydrogen) atoms. The lowest BCUT2D eigenvalue weighted by atomic mass is 9.95. The standard InChI is InChI=1S/C24H20N2O4S/c1-2-12-30-18-9-7-17(8-10-18)21-20(22(27)19-6-4-13-31-19)23(28)24(29)26(21)15-16-5-3-11-25-14-16/h2-11,13-14,21,28H,1,12,15H2. The summed E-state index contributed by atoms with van der Waals surface area (Å²) >= 11 is 1.27. The average Bonchev–Trinajstić information content (AvgIpc) is 3.42. The van der Waals surface area contributed by atoms with E-state index in [-0.39, 0.29) is 17.9 Å². The molecule has 1 unspecified atom stereocenters. The van der Waals surface area contributed by atoms with Gasteiger partial charge in [0.1, 0.15) is 12.4 Å². The summed E-state index contributed by atoms with van der Waals surface area (Å²) in [4.78, 5) is 32.3. The molecular weight excluding hydrogens is 412 g/mol. The topological polar surface area (TPSA) is 79.7 Å².